The van der Waals surface area contributed by atoms with Crippen LogP contribution >= 0.6 is 0 Å². The van der Waals surface area contributed by atoms with Gasteiger partial charge in [0.2, 0.25) is 11.8 Å². The summed E-state index contributed by atoms with van der Waals surface area (Å²) < 4.78 is 1.97. The number of hydrogen-bond donors (Lipinski definition) is 3. The molecule has 170 valence electrons. The van der Waals surface area contributed by atoms with Crippen molar-refractivity contribution in [2.45, 2.75) is 63.8 Å². The van der Waals surface area contributed by atoms with Gasteiger partial charge in [-0.25, -0.2) is 9.78 Å². The third kappa shape index (κ3) is 5.17. The molecule has 0 aromatic carbocycles. The molecule has 1 aromatic rings. The van der Waals surface area contributed by atoms with E-state index in [9.17, 15) is 14.4 Å². The molecule has 2 saturated heterocycles. The van der Waals surface area contributed by atoms with E-state index in [0.29, 0.717) is 32.6 Å². The van der Waals surface area contributed by atoms with Crippen molar-refractivity contribution < 1.29 is 14.4 Å². The molecule has 0 radical (unpaired) electrons. The quantitative estimate of drug-likeness (QED) is 0.578. The standard InChI is InChI=1S/C21H33N7O3/c1-13(2)23-21(31)24-15-8-16-10-27(12-18-22-6-7-26(18)3)11-17(20(30)28(16)9-15)25-19(29)14-4-5-14/h6-7,13-17H,4-5,8-12H2,1-3H3,(H,25,29)(H2,23,24,31)/t15-,16-,17-/m0/s1. The molecule has 1 saturated carbocycles. The van der Waals surface area contributed by atoms with Gasteiger partial charge >= 0.3 is 6.03 Å². The third-order valence-corrected chi connectivity index (χ3v) is 6.21. The highest BCUT2D eigenvalue weighted by Crippen LogP contribution is 2.30. The fourth-order valence-electron chi connectivity index (χ4n) is 4.48. The van der Waals surface area contributed by atoms with Crippen molar-refractivity contribution in [2.75, 3.05) is 19.6 Å². The first-order chi connectivity index (χ1) is 14.8. The molecule has 10 heteroatoms. The number of nitrogens with zero attached hydrogens (tertiary/aromatic N) is 4. The number of carbonyl (C=O) groups is 3. The van der Waals surface area contributed by atoms with E-state index >= 15 is 0 Å². The van der Waals surface area contributed by atoms with Crippen LogP contribution in [0.1, 0.15) is 38.9 Å². The normalized spacial score (nSPS) is 26.5. The fourth-order valence-corrected chi connectivity index (χ4v) is 4.48. The van der Waals surface area contributed by atoms with Crippen LogP contribution in [0, 0.1) is 5.92 Å². The van der Waals surface area contributed by atoms with Crippen molar-refractivity contribution in [3.63, 3.8) is 0 Å². The molecule has 1 aliphatic carbocycles. The summed E-state index contributed by atoms with van der Waals surface area (Å²) in [4.78, 5) is 46.4. The third-order valence-electron chi connectivity index (χ3n) is 6.21. The van der Waals surface area contributed by atoms with E-state index in [0.717, 1.165) is 18.7 Å². The number of imidazole rings is 1. The smallest absolute Gasteiger partial charge is 0.315 e. The molecule has 0 unspecified atom stereocenters. The maximum absolute atomic E-state index is 13.4. The van der Waals surface area contributed by atoms with Crippen molar-refractivity contribution in [3.05, 3.63) is 18.2 Å². The number of aryl methyl sites for hydroxylation is 1. The van der Waals surface area contributed by atoms with Gasteiger partial charge in [0.1, 0.15) is 11.9 Å². The molecule has 10 nitrogen and oxygen atoms in total. The lowest BCUT2D eigenvalue weighted by Gasteiger charge is -2.25. The number of urea groups is 1. The van der Waals surface area contributed by atoms with Crippen molar-refractivity contribution >= 4 is 17.8 Å². The van der Waals surface area contributed by atoms with Gasteiger partial charge in [-0.15, -0.1) is 0 Å². The molecule has 4 rings (SSSR count). The lowest BCUT2D eigenvalue weighted by atomic mass is 10.1. The lowest BCUT2D eigenvalue weighted by molar-refractivity contribution is -0.136. The first-order valence-electron chi connectivity index (χ1n) is 11.2. The van der Waals surface area contributed by atoms with Crippen LogP contribution in [0.25, 0.3) is 0 Å². The van der Waals surface area contributed by atoms with Crippen molar-refractivity contribution in [1.29, 1.82) is 0 Å². The summed E-state index contributed by atoms with van der Waals surface area (Å²) in [6.07, 6.45) is 6.15. The zero-order valence-electron chi connectivity index (χ0n) is 18.5. The Morgan fingerprint density at radius 3 is 2.61 bits per heavy atom. The summed E-state index contributed by atoms with van der Waals surface area (Å²) in [5, 5.41) is 8.83. The number of rotatable bonds is 6. The maximum atomic E-state index is 13.4. The number of hydrogen-bond acceptors (Lipinski definition) is 5. The first-order valence-corrected chi connectivity index (χ1v) is 11.2. The second-order valence-corrected chi connectivity index (χ2v) is 9.33. The Hall–Kier alpha value is -2.62. The maximum Gasteiger partial charge on any atom is 0.315 e. The minimum atomic E-state index is -0.582. The minimum Gasteiger partial charge on any atom is -0.343 e. The van der Waals surface area contributed by atoms with Crippen molar-refractivity contribution in [2.24, 2.45) is 13.0 Å². The highest BCUT2D eigenvalue weighted by Gasteiger charge is 2.44. The van der Waals surface area contributed by atoms with E-state index in [1.54, 1.807) is 6.20 Å². The predicted molar refractivity (Wildman–Crippen MR) is 114 cm³/mol. The molecule has 3 N–H and O–H groups in total. The Balaban J connectivity index is 1.48. The summed E-state index contributed by atoms with van der Waals surface area (Å²) in [5.74, 6) is 0.869. The van der Waals surface area contributed by atoms with E-state index in [4.69, 9.17) is 0 Å². The molecule has 3 fully saturated rings. The Bertz CT molecular complexity index is 835. The van der Waals surface area contributed by atoms with E-state index < -0.39 is 6.04 Å². The van der Waals surface area contributed by atoms with Gasteiger partial charge < -0.3 is 25.4 Å². The molecule has 2 aliphatic heterocycles. The van der Waals surface area contributed by atoms with Gasteiger partial charge in [-0.3, -0.25) is 14.5 Å². The van der Waals surface area contributed by atoms with Crippen LogP contribution in [0.15, 0.2) is 12.4 Å². The number of nitrogens with one attached hydrogen (secondary N) is 3. The Labute approximate surface area is 182 Å². The molecule has 1 aromatic heterocycles. The highest BCUT2D eigenvalue weighted by molar-refractivity contribution is 5.90. The molecular formula is C21H33N7O3. The van der Waals surface area contributed by atoms with Crippen LogP contribution in [0.4, 0.5) is 4.79 Å². The molecule has 4 amide bonds. The first kappa shape index (κ1) is 21.6. The van der Waals surface area contributed by atoms with E-state index in [-0.39, 0.29) is 41.9 Å². The molecular weight excluding hydrogens is 398 g/mol. The average molecular weight is 432 g/mol. The lowest BCUT2D eigenvalue weighted by Crippen LogP contribution is -2.52. The van der Waals surface area contributed by atoms with Crippen LogP contribution in [-0.4, -0.2) is 81.0 Å². The van der Waals surface area contributed by atoms with E-state index in [1.165, 1.54) is 0 Å². The topological polar surface area (TPSA) is 112 Å². The fraction of sp³-hybridized carbons (Fsp3) is 0.714. The van der Waals surface area contributed by atoms with Crippen LogP contribution in [-0.2, 0) is 23.2 Å². The van der Waals surface area contributed by atoms with Gasteiger partial charge in [-0.2, -0.15) is 0 Å². The summed E-state index contributed by atoms with van der Waals surface area (Å²) in [7, 11) is 1.95. The SMILES string of the molecule is CC(C)NC(=O)N[C@H]1C[C@H]2CN(Cc3nccn3C)C[C@H](NC(=O)C3CC3)C(=O)N2C1. The van der Waals surface area contributed by atoms with Crippen LogP contribution in [0.2, 0.25) is 0 Å². The van der Waals surface area contributed by atoms with Gasteiger partial charge in [0.15, 0.2) is 0 Å². The number of aromatic nitrogens is 2. The van der Waals surface area contributed by atoms with Gasteiger partial charge in [-0.1, -0.05) is 0 Å². The molecule has 0 bridgehead atoms. The Kier molecular flexibility index (Phi) is 6.17. The zero-order valence-corrected chi connectivity index (χ0v) is 18.5. The summed E-state index contributed by atoms with van der Waals surface area (Å²) in [5.41, 5.74) is 0. The molecule has 0 spiro atoms. The van der Waals surface area contributed by atoms with Gasteiger partial charge in [0.05, 0.1) is 12.6 Å². The Morgan fingerprint density at radius 1 is 1.19 bits per heavy atom. The summed E-state index contributed by atoms with van der Waals surface area (Å²) in [6.45, 7) is 6.02. The monoisotopic (exact) mass is 431 g/mol. The molecule has 3 atom stereocenters. The van der Waals surface area contributed by atoms with Crippen molar-refractivity contribution in [3.8, 4) is 0 Å². The number of fused-ring (bicyclic) bond motifs is 1. The second kappa shape index (κ2) is 8.86. The minimum absolute atomic E-state index is 0.0139. The number of amides is 4. The second-order valence-electron chi connectivity index (χ2n) is 9.33. The van der Waals surface area contributed by atoms with Gasteiger partial charge in [0, 0.05) is 57.1 Å². The zero-order chi connectivity index (χ0) is 22.1. The predicted octanol–water partition coefficient (Wildman–Crippen LogP) is -0.192. The van der Waals surface area contributed by atoms with Gasteiger partial charge in [-0.05, 0) is 33.1 Å². The molecule has 3 aliphatic rings. The summed E-state index contributed by atoms with van der Waals surface area (Å²) >= 11 is 0. The highest BCUT2D eigenvalue weighted by atomic mass is 16.2. The van der Waals surface area contributed by atoms with Crippen molar-refractivity contribution in [1.82, 2.24) is 35.3 Å². The summed E-state index contributed by atoms with van der Waals surface area (Å²) in [6, 6.07) is -0.875. The molecule has 3 heterocycles. The molecule has 31 heavy (non-hydrogen) atoms. The van der Waals surface area contributed by atoms with E-state index in [1.807, 2.05) is 36.6 Å². The number of carbonyl (C=O) groups excluding carboxylic acids is 3. The van der Waals surface area contributed by atoms with Crippen LogP contribution in [0.5, 0.6) is 0 Å². The van der Waals surface area contributed by atoms with Crippen LogP contribution in [0.3, 0.4) is 0 Å². The average Bonchev–Trinajstić information content (AvgIpc) is 3.39. The van der Waals surface area contributed by atoms with Gasteiger partial charge in [0.25, 0.3) is 0 Å². The largest absolute Gasteiger partial charge is 0.343 e. The van der Waals surface area contributed by atoms with E-state index in [2.05, 4.69) is 25.8 Å². The van der Waals surface area contributed by atoms with Crippen LogP contribution < -0.4 is 16.0 Å². The Morgan fingerprint density at radius 2 is 1.97 bits per heavy atom.